The third-order valence-electron chi connectivity index (χ3n) is 5.57. The van der Waals surface area contributed by atoms with Gasteiger partial charge < -0.3 is 9.64 Å². The van der Waals surface area contributed by atoms with Gasteiger partial charge in [0.25, 0.3) is 10.0 Å². The monoisotopic (exact) mass is 417 g/mol. The van der Waals surface area contributed by atoms with Crippen molar-refractivity contribution in [2.24, 2.45) is 0 Å². The summed E-state index contributed by atoms with van der Waals surface area (Å²) in [4.78, 5) is 7.26. The average molecular weight is 418 g/mol. The number of nitrogens with one attached hydrogen (secondary N) is 1. The Hall–Kier alpha value is -2.12. The topological polar surface area (TPSA) is 71.5 Å². The van der Waals surface area contributed by atoms with Crippen LogP contribution in [0, 0.1) is 0 Å². The fraction of sp³-hybridized carbons (Fsp3) is 0.500. The molecule has 0 radical (unpaired) electrons. The minimum Gasteiger partial charge on any atom is -0.479 e. The molecule has 1 aliphatic rings. The lowest BCUT2D eigenvalue weighted by Crippen LogP contribution is -2.27. The smallest absolute Gasteiger partial charge is 0.262 e. The number of pyridine rings is 1. The number of rotatable bonds is 6. The number of sulfonamides is 1. The second kappa shape index (κ2) is 8.71. The summed E-state index contributed by atoms with van der Waals surface area (Å²) in [5.41, 5.74) is 3.54. The second-order valence-electron chi connectivity index (χ2n) is 7.95. The van der Waals surface area contributed by atoms with Crippen LogP contribution >= 0.6 is 0 Å². The molecule has 0 bridgehead atoms. The van der Waals surface area contributed by atoms with Crippen molar-refractivity contribution in [3.05, 3.63) is 47.2 Å². The van der Waals surface area contributed by atoms with E-state index in [0.717, 1.165) is 42.9 Å². The Morgan fingerprint density at radius 1 is 1.28 bits per heavy atom. The Morgan fingerprint density at radius 3 is 2.55 bits per heavy atom. The quantitative estimate of drug-likeness (QED) is 0.769. The number of methoxy groups -OCH3 is 1. The maximum atomic E-state index is 13.0. The molecule has 3 rings (SSSR count). The summed E-state index contributed by atoms with van der Waals surface area (Å²) < 4.78 is 34.0. The van der Waals surface area contributed by atoms with Crippen molar-refractivity contribution >= 4 is 15.7 Å². The normalized spacial score (nSPS) is 17.7. The number of nitrogens with zero attached hydrogens (tertiary/aromatic N) is 2. The summed E-state index contributed by atoms with van der Waals surface area (Å²) >= 11 is 0. The third kappa shape index (κ3) is 4.73. The van der Waals surface area contributed by atoms with E-state index in [0.29, 0.717) is 17.5 Å². The molecule has 1 N–H and O–H groups in total. The molecule has 7 heteroatoms. The van der Waals surface area contributed by atoms with Gasteiger partial charge in [0.2, 0.25) is 5.88 Å². The molecule has 0 spiro atoms. The largest absolute Gasteiger partial charge is 0.479 e. The second-order valence-corrected chi connectivity index (χ2v) is 9.64. The Kier molecular flexibility index (Phi) is 6.49. The predicted molar refractivity (Wildman–Crippen MR) is 116 cm³/mol. The molecule has 2 aromatic rings. The molecule has 2 heterocycles. The molecule has 1 atom stereocenters. The highest BCUT2D eigenvalue weighted by molar-refractivity contribution is 7.92. The standard InChI is InChI=1S/C22H31N3O3S/c1-6-25-12-11-20-19(16(4)14-25)13-21(22(23-20)28-5)24-29(26,27)18-9-7-17(8-10-18)15(2)3/h7-10,13,15-16,24H,6,11-12,14H2,1-5H3. The van der Waals surface area contributed by atoms with Crippen molar-refractivity contribution in [3.8, 4) is 5.88 Å². The van der Waals surface area contributed by atoms with Gasteiger partial charge in [-0.1, -0.05) is 39.8 Å². The molecule has 1 unspecified atom stereocenters. The molecule has 1 aromatic heterocycles. The van der Waals surface area contributed by atoms with E-state index in [1.807, 2.05) is 18.2 Å². The maximum absolute atomic E-state index is 13.0. The number of likely N-dealkylation sites (N-methyl/N-ethyl adjacent to an activating group) is 1. The van der Waals surface area contributed by atoms with Gasteiger partial charge in [0.1, 0.15) is 5.69 Å². The van der Waals surface area contributed by atoms with Gasteiger partial charge in [-0.2, -0.15) is 0 Å². The third-order valence-corrected chi connectivity index (χ3v) is 6.95. The van der Waals surface area contributed by atoms with E-state index in [1.54, 1.807) is 12.1 Å². The highest BCUT2D eigenvalue weighted by Gasteiger charge is 2.25. The first kappa shape index (κ1) is 21.6. The van der Waals surface area contributed by atoms with Gasteiger partial charge in [0, 0.05) is 25.2 Å². The molecule has 29 heavy (non-hydrogen) atoms. The van der Waals surface area contributed by atoms with Gasteiger partial charge in [-0.3, -0.25) is 4.72 Å². The van der Waals surface area contributed by atoms with Gasteiger partial charge in [-0.15, -0.1) is 0 Å². The minimum absolute atomic E-state index is 0.226. The summed E-state index contributed by atoms with van der Waals surface area (Å²) in [5.74, 6) is 0.917. The summed E-state index contributed by atoms with van der Waals surface area (Å²) in [5, 5.41) is 0. The fourth-order valence-electron chi connectivity index (χ4n) is 3.77. The van der Waals surface area contributed by atoms with Crippen LogP contribution in [0.4, 0.5) is 5.69 Å². The van der Waals surface area contributed by atoms with E-state index >= 15 is 0 Å². The highest BCUT2D eigenvalue weighted by Crippen LogP contribution is 2.33. The number of anilines is 1. The lowest BCUT2D eigenvalue weighted by Gasteiger charge is -2.21. The Bertz CT molecular complexity index is 956. The van der Waals surface area contributed by atoms with Crippen LogP contribution in [0.25, 0.3) is 0 Å². The zero-order valence-electron chi connectivity index (χ0n) is 17.9. The lowest BCUT2D eigenvalue weighted by molar-refractivity contribution is 0.286. The van der Waals surface area contributed by atoms with E-state index in [2.05, 4.69) is 42.3 Å². The van der Waals surface area contributed by atoms with Crippen molar-refractivity contribution in [1.29, 1.82) is 0 Å². The molecule has 6 nitrogen and oxygen atoms in total. The number of ether oxygens (including phenoxy) is 1. The predicted octanol–water partition coefficient (Wildman–Crippen LogP) is 4.00. The van der Waals surface area contributed by atoms with E-state index in [4.69, 9.17) is 4.74 Å². The molecule has 0 amide bonds. The molecule has 1 aromatic carbocycles. The van der Waals surface area contributed by atoms with Gasteiger partial charge in [-0.25, -0.2) is 13.4 Å². The Morgan fingerprint density at radius 2 is 1.97 bits per heavy atom. The first-order valence-corrected chi connectivity index (χ1v) is 11.7. The number of benzene rings is 1. The zero-order chi connectivity index (χ0) is 21.2. The zero-order valence-corrected chi connectivity index (χ0v) is 18.7. The highest BCUT2D eigenvalue weighted by atomic mass is 32.2. The van der Waals surface area contributed by atoms with Crippen molar-refractivity contribution < 1.29 is 13.2 Å². The van der Waals surface area contributed by atoms with Crippen LogP contribution in [0.5, 0.6) is 5.88 Å². The molecule has 0 saturated heterocycles. The van der Waals surface area contributed by atoms with Gasteiger partial charge in [0.05, 0.1) is 12.0 Å². The average Bonchev–Trinajstić information content (AvgIpc) is 2.85. The Labute approximate surface area is 174 Å². The SMILES string of the molecule is CCN1CCc2nc(OC)c(NS(=O)(=O)c3ccc(C(C)C)cc3)cc2C(C)C1. The van der Waals surface area contributed by atoms with Crippen LogP contribution in [0.15, 0.2) is 35.2 Å². The first-order valence-electron chi connectivity index (χ1n) is 10.2. The van der Waals surface area contributed by atoms with Crippen molar-refractivity contribution in [3.63, 3.8) is 0 Å². The summed E-state index contributed by atoms with van der Waals surface area (Å²) in [6, 6.07) is 8.89. The molecular formula is C22H31N3O3S. The number of fused-ring (bicyclic) bond motifs is 1. The minimum atomic E-state index is -3.74. The summed E-state index contributed by atoms with van der Waals surface area (Å²) in [7, 11) is -2.22. The van der Waals surface area contributed by atoms with E-state index in [-0.39, 0.29) is 10.8 Å². The van der Waals surface area contributed by atoms with Crippen LogP contribution in [0.1, 0.15) is 56.4 Å². The first-order chi connectivity index (χ1) is 13.7. The Balaban J connectivity index is 1.94. The van der Waals surface area contributed by atoms with E-state index in [9.17, 15) is 8.42 Å². The van der Waals surface area contributed by atoms with E-state index in [1.165, 1.54) is 7.11 Å². The van der Waals surface area contributed by atoms with Crippen molar-refractivity contribution in [2.45, 2.75) is 50.8 Å². The molecule has 1 aliphatic heterocycles. The van der Waals surface area contributed by atoms with Crippen LogP contribution in [-0.2, 0) is 16.4 Å². The molecule has 158 valence electrons. The number of hydrogen-bond donors (Lipinski definition) is 1. The summed E-state index contributed by atoms with van der Waals surface area (Å²) in [6.07, 6.45) is 0.827. The molecule has 0 saturated carbocycles. The van der Waals surface area contributed by atoms with Crippen LogP contribution in [0.2, 0.25) is 0 Å². The van der Waals surface area contributed by atoms with E-state index < -0.39 is 10.0 Å². The van der Waals surface area contributed by atoms with Gasteiger partial charge >= 0.3 is 0 Å². The van der Waals surface area contributed by atoms with Gasteiger partial charge in [-0.05, 0) is 47.7 Å². The number of aromatic nitrogens is 1. The van der Waals surface area contributed by atoms with Crippen LogP contribution < -0.4 is 9.46 Å². The number of hydrogen-bond acceptors (Lipinski definition) is 5. The molecule has 0 aliphatic carbocycles. The lowest BCUT2D eigenvalue weighted by atomic mass is 9.99. The van der Waals surface area contributed by atoms with Crippen LogP contribution in [0.3, 0.4) is 0 Å². The van der Waals surface area contributed by atoms with Crippen LogP contribution in [-0.4, -0.2) is 45.0 Å². The van der Waals surface area contributed by atoms with Gasteiger partial charge in [0.15, 0.2) is 0 Å². The fourth-order valence-corrected chi connectivity index (χ4v) is 4.82. The van der Waals surface area contributed by atoms with Crippen molar-refractivity contribution in [2.75, 3.05) is 31.5 Å². The van der Waals surface area contributed by atoms with Crippen molar-refractivity contribution in [1.82, 2.24) is 9.88 Å². The maximum Gasteiger partial charge on any atom is 0.262 e. The molecular weight excluding hydrogens is 386 g/mol. The summed E-state index contributed by atoms with van der Waals surface area (Å²) in [6.45, 7) is 11.3. The molecule has 0 fully saturated rings.